The number of hydrogen-bond acceptors (Lipinski definition) is 5. The lowest BCUT2D eigenvalue weighted by atomic mass is 10.1. The molecule has 1 aliphatic heterocycles. The molecule has 0 bridgehead atoms. The third kappa shape index (κ3) is 5.48. The normalized spacial score (nSPS) is 14.6. The molecule has 150 valence electrons. The average Bonchev–Trinajstić information content (AvgIpc) is 3.10. The van der Waals surface area contributed by atoms with Crippen LogP contribution in [-0.2, 0) is 13.2 Å². The number of thiocarbonyl (C=S) groups is 2. The van der Waals surface area contributed by atoms with Crippen molar-refractivity contribution in [3.63, 3.8) is 0 Å². The lowest BCUT2D eigenvalue weighted by Crippen LogP contribution is -2.15. The van der Waals surface area contributed by atoms with E-state index in [2.05, 4.69) is 5.32 Å². The highest BCUT2D eigenvalue weighted by Gasteiger charge is 2.19. The van der Waals surface area contributed by atoms with Crippen molar-refractivity contribution in [1.29, 1.82) is 0 Å². The maximum atomic E-state index is 6.16. The minimum absolute atomic E-state index is 0.466. The van der Waals surface area contributed by atoms with Gasteiger partial charge in [-0.25, -0.2) is 0 Å². The maximum absolute atomic E-state index is 6.16. The smallest absolute Gasteiger partial charge is 0.143 e. The topological polar surface area (TPSA) is 30.5 Å². The fourth-order valence-electron chi connectivity index (χ4n) is 2.89. The molecule has 4 rings (SSSR count). The van der Waals surface area contributed by atoms with Crippen LogP contribution in [0.5, 0.6) is 11.5 Å². The minimum Gasteiger partial charge on any atom is -0.489 e. The summed E-state index contributed by atoms with van der Waals surface area (Å²) < 4.78 is 12.8. The fraction of sp³-hybridized carbons (Fsp3) is 0.0833. The van der Waals surface area contributed by atoms with Gasteiger partial charge in [0.1, 0.15) is 34.0 Å². The molecule has 3 nitrogen and oxygen atoms in total. The number of rotatable bonds is 7. The highest BCUT2D eigenvalue weighted by molar-refractivity contribution is 8.27. The summed E-state index contributed by atoms with van der Waals surface area (Å²) in [6.45, 7) is 0.963. The van der Waals surface area contributed by atoms with Crippen LogP contribution in [0.4, 0.5) is 0 Å². The highest BCUT2D eigenvalue weighted by Crippen LogP contribution is 2.32. The van der Waals surface area contributed by atoms with Crippen molar-refractivity contribution in [3.8, 4) is 11.5 Å². The fourth-order valence-corrected chi connectivity index (χ4v) is 4.36. The van der Waals surface area contributed by atoms with Crippen LogP contribution in [0.2, 0.25) is 0 Å². The second-order valence-electron chi connectivity index (χ2n) is 6.60. The maximum Gasteiger partial charge on any atom is 0.143 e. The lowest BCUT2D eigenvalue weighted by molar-refractivity contribution is 0.289. The van der Waals surface area contributed by atoms with E-state index in [1.54, 1.807) is 0 Å². The molecule has 1 fully saturated rings. The summed E-state index contributed by atoms with van der Waals surface area (Å²) in [5.74, 6) is 1.48. The van der Waals surface area contributed by atoms with Crippen molar-refractivity contribution < 1.29 is 9.47 Å². The van der Waals surface area contributed by atoms with Gasteiger partial charge in [0.05, 0.1) is 4.91 Å². The van der Waals surface area contributed by atoms with Crippen molar-refractivity contribution in [2.75, 3.05) is 0 Å². The Hall–Kier alpha value is -2.67. The van der Waals surface area contributed by atoms with Gasteiger partial charge in [-0.1, -0.05) is 96.9 Å². The van der Waals surface area contributed by atoms with E-state index >= 15 is 0 Å². The molecule has 0 aliphatic carbocycles. The summed E-state index contributed by atoms with van der Waals surface area (Å²) in [4.78, 5) is 1.56. The Morgan fingerprint density at radius 2 is 1.43 bits per heavy atom. The third-order valence-electron chi connectivity index (χ3n) is 4.40. The van der Waals surface area contributed by atoms with Crippen LogP contribution < -0.4 is 14.8 Å². The van der Waals surface area contributed by atoms with Crippen molar-refractivity contribution in [2.45, 2.75) is 13.2 Å². The molecule has 30 heavy (non-hydrogen) atoms. The van der Waals surface area contributed by atoms with E-state index in [0.717, 1.165) is 33.1 Å². The first-order chi connectivity index (χ1) is 14.7. The molecule has 1 aliphatic rings. The molecular formula is C24H19NO2S3. The summed E-state index contributed by atoms with van der Waals surface area (Å²) in [5.41, 5.74) is 3.14. The molecule has 1 heterocycles. The Bertz CT molecular complexity index is 1080. The number of hydrogen-bond donors (Lipinski definition) is 1. The van der Waals surface area contributed by atoms with Crippen molar-refractivity contribution in [2.24, 2.45) is 0 Å². The van der Waals surface area contributed by atoms with Gasteiger partial charge in [0.2, 0.25) is 0 Å². The predicted molar refractivity (Wildman–Crippen MR) is 132 cm³/mol. The first-order valence-corrected chi connectivity index (χ1v) is 11.0. The lowest BCUT2D eigenvalue weighted by Gasteiger charge is -2.13. The zero-order valence-corrected chi connectivity index (χ0v) is 18.5. The van der Waals surface area contributed by atoms with Crippen LogP contribution >= 0.6 is 36.2 Å². The van der Waals surface area contributed by atoms with Gasteiger partial charge in [-0.15, -0.1) is 0 Å². The second kappa shape index (κ2) is 9.89. The van der Waals surface area contributed by atoms with Gasteiger partial charge in [0, 0.05) is 11.6 Å². The van der Waals surface area contributed by atoms with E-state index in [4.69, 9.17) is 33.9 Å². The molecule has 1 saturated heterocycles. The van der Waals surface area contributed by atoms with E-state index in [0.29, 0.717) is 22.5 Å². The van der Waals surface area contributed by atoms with Crippen molar-refractivity contribution in [1.82, 2.24) is 5.32 Å². The van der Waals surface area contributed by atoms with Crippen molar-refractivity contribution in [3.05, 3.63) is 100 Å². The molecular weight excluding hydrogens is 430 g/mol. The van der Waals surface area contributed by atoms with E-state index in [9.17, 15) is 0 Å². The zero-order chi connectivity index (χ0) is 20.8. The van der Waals surface area contributed by atoms with Crippen LogP contribution in [0.25, 0.3) is 6.08 Å². The Labute approximate surface area is 191 Å². The van der Waals surface area contributed by atoms with Crippen LogP contribution in [0, 0.1) is 0 Å². The second-order valence-corrected chi connectivity index (χ2v) is 8.73. The molecule has 3 aromatic rings. The molecule has 0 atom stereocenters. The summed E-state index contributed by atoms with van der Waals surface area (Å²) in [5, 5.41) is 3.01. The monoisotopic (exact) mass is 449 g/mol. The summed E-state index contributed by atoms with van der Waals surface area (Å²) in [7, 11) is 0. The van der Waals surface area contributed by atoms with E-state index in [-0.39, 0.29) is 0 Å². The van der Waals surface area contributed by atoms with Gasteiger partial charge in [-0.05, 0) is 29.3 Å². The van der Waals surface area contributed by atoms with Gasteiger partial charge < -0.3 is 14.8 Å². The first-order valence-electron chi connectivity index (χ1n) is 9.40. The molecule has 0 spiro atoms. The third-order valence-corrected chi connectivity index (χ3v) is 6.03. The van der Waals surface area contributed by atoms with E-state index < -0.39 is 0 Å². The molecule has 3 aromatic carbocycles. The number of thioether (sulfide) groups is 1. The van der Waals surface area contributed by atoms with Crippen LogP contribution in [-0.4, -0.2) is 9.31 Å². The minimum atomic E-state index is 0.466. The SMILES string of the molecule is S=C1NC(=S)/C(=C/c2ccc(OCc3ccccc3)cc2OCc2ccccc2)S1. The van der Waals surface area contributed by atoms with Gasteiger partial charge in [0.25, 0.3) is 0 Å². The number of ether oxygens (including phenoxy) is 2. The number of benzene rings is 3. The standard InChI is InChI=1S/C24H19NO2S3/c28-23-22(30-24(29)25-23)13-19-11-12-20(26-15-17-7-3-1-4-8-17)14-21(19)27-16-18-9-5-2-6-10-18/h1-14H,15-16H2,(H,25,28,29)/b22-13-. The quantitative estimate of drug-likeness (QED) is 0.345. The highest BCUT2D eigenvalue weighted by atomic mass is 32.2. The zero-order valence-electron chi connectivity index (χ0n) is 16.0. The first kappa shape index (κ1) is 20.6. The van der Waals surface area contributed by atoms with Gasteiger partial charge >= 0.3 is 0 Å². The van der Waals surface area contributed by atoms with Crippen LogP contribution in [0.15, 0.2) is 83.8 Å². The van der Waals surface area contributed by atoms with Crippen molar-refractivity contribution >= 4 is 51.6 Å². The Balaban J connectivity index is 1.57. The molecule has 1 N–H and O–H groups in total. The average molecular weight is 450 g/mol. The summed E-state index contributed by atoms with van der Waals surface area (Å²) in [6.07, 6.45) is 2.00. The summed E-state index contributed by atoms with van der Waals surface area (Å²) >= 11 is 12.0. The molecule has 0 aromatic heterocycles. The molecule has 0 amide bonds. The summed E-state index contributed by atoms with van der Waals surface area (Å²) in [6, 6.07) is 26.0. The molecule has 0 unspecified atom stereocenters. The molecule has 0 radical (unpaired) electrons. The Morgan fingerprint density at radius 3 is 2.03 bits per heavy atom. The van der Waals surface area contributed by atoms with E-state index in [1.165, 1.54) is 11.8 Å². The molecule has 0 saturated carbocycles. The van der Waals surface area contributed by atoms with Gasteiger partial charge in [-0.2, -0.15) is 0 Å². The Kier molecular flexibility index (Phi) is 6.79. The van der Waals surface area contributed by atoms with Gasteiger partial charge in [-0.3, -0.25) is 0 Å². The van der Waals surface area contributed by atoms with Gasteiger partial charge in [0.15, 0.2) is 0 Å². The number of nitrogens with one attached hydrogen (secondary N) is 1. The Morgan fingerprint density at radius 1 is 0.800 bits per heavy atom. The van der Waals surface area contributed by atoms with E-state index in [1.807, 2.05) is 84.9 Å². The van der Waals surface area contributed by atoms with Crippen LogP contribution in [0.3, 0.4) is 0 Å². The van der Waals surface area contributed by atoms with Crippen LogP contribution in [0.1, 0.15) is 16.7 Å². The largest absolute Gasteiger partial charge is 0.489 e. The molecule has 6 heteroatoms. The predicted octanol–water partition coefficient (Wildman–Crippen LogP) is 6.13.